The second-order valence-electron chi connectivity index (χ2n) is 11.6. The van der Waals surface area contributed by atoms with E-state index in [1.165, 1.54) is 24.5 Å². The molecule has 39 heavy (non-hydrogen) atoms. The number of piperidine rings is 1. The Morgan fingerprint density at radius 2 is 1.97 bits per heavy atom. The van der Waals surface area contributed by atoms with Crippen molar-refractivity contribution in [2.45, 2.75) is 59.0 Å². The van der Waals surface area contributed by atoms with E-state index in [0.29, 0.717) is 24.0 Å². The standard InChI is InChI=1S/C29H39FN6O3/c1-5-36(19(2)3)27(37)22-13-21(30)6-7-24(22)39-25-15-31-18-33-26(25)35-16-29(17-35)8-10-34(11-9-29)28(38)23-12-20(4)14-32-23/h6-7,13,15,18-20,23,32H,5,8-12,14,16-17H2,1-4H3/t20-,23+/m1/s1. The minimum absolute atomic E-state index is 0.0359. The highest BCUT2D eigenvalue weighted by atomic mass is 19.1. The van der Waals surface area contributed by atoms with Crippen LogP contribution in [0.25, 0.3) is 0 Å². The summed E-state index contributed by atoms with van der Waals surface area (Å²) < 4.78 is 20.4. The number of carbonyl (C=O) groups is 2. The van der Waals surface area contributed by atoms with Crippen LogP contribution >= 0.6 is 0 Å². The molecule has 0 bridgehead atoms. The van der Waals surface area contributed by atoms with Gasteiger partial charge in [0.25, 0.3) is 5.91 Å². The molecule has 1 aromatic heterocycles. The molecule has 1 aromatic carbocycles. The summed E-state index contributed by atoms with van der Waals surface area (Å²) in [5, 5.41) is 3.36. The molecule has 2 amide bonds. The molecular weight excluding hydrogens is 499 g/mol. The molecule has 1 N–H and O–H groups in total. The maximum atomic E-state index is 14.2. The Hall–Kier alpha value is -3.27. The van der Waals surface area contributed by atoms with E-state index in [-0.39, 0.29) is 40.6 Å². The summed E-state index contributed by atoms with van der Waals surface area (Å²) in [6.07, 6.45) is 5.90. The highest BCUT2D eigenvalue weighted by Crippen LogP contribution is 2.45. The first-order valence-corrected chi connectivity index (χ1v) is 14.0. The van der Waals surface area contributed by atoms with Crippen molar-refractivity contribution in [3.63, 3.8) is 0 Å². The number of halogens is 1. The van der Waals surface area contributed by atoms with Crippen LogP contribution in [-0.2, 0) is 4.79 Å². The lowest BCUT2D eigenvalue weighted by atomic mass is 9.72. The predicted octanol–water partition coefficient (Wildman–Crippen LogP) is 3.71. The molecule has 3 saturated heterocycles. The van der Waals surface area contributed by atoms with Gasteiger partial charge in [0.1, 0.15) is 17.9 Å². The van der Waals surface area contributed by atoms with Gasteiger partial charge in [-0.1, -0.05) is 6.92 Å². The van der Waals surface area contributed by atoms with E-state index in [1.807, 2.05) is 25.7 Å². The Kier molecular flexibility index (Phi) is 7.75. The number of likely N-dealkylation sites (tertiary alicyclic amines) is 1. The van der Waals surface area contributed by atoms with Crippen LogP contribution in [0.1, 0.15) is 57.3 Å². The molecule has 4 heterocycles. The normalized spacial score (nSPS) is 22.2. The van der Waals surface area contributed by atoms with Gasteiger partial charge in [0, 0.05) is 44.2 Å². The van der Waals surface area contributed by atoms with E-state index in [9.17, 15) is 14.0 Å². The molecule has 2 aromatic rings. The number of rotatable bonds is 7. The molecule has 0 aliphatic carbocycles. The summed E-state index contributed by atoms with van der Waals surface area (Å²) in [5.74, 6) is 1.35. The number of carbonyl (C=O) groups excluding carboxylic acids is 2. The van der Waals surface area contributed by atoms with Crippen LogP contribution in [-0.4, -0.2) is 82.9 Å². The highest BCUT2D eigenvalue weighted by molar-refractivity contribution is 5.97. The van der Waals surface area contributed by atoms with Gasteiger partial charge in [-0.3, -0.25) is 9.59 Å². The summed E-state index contributed by atoms with van der Waals surface area (Å²) in [6.45, 7) is 12.5. The zero-order valence-electron chi connectivity index (χ0n) is 23.3. The largest absolute Gasteiger partial charge is 0.451 e. The number of aromatic nitrogens is 2. The number of benzene rings is 1. The van der Waals surface area contributed by atoms with Gasteiger partial charge in [-0.25, -0.2) is 14.4 Å². The number of ether oxygens (including phenoxy) is 1. The third kappa shape index (κ3) is 5.57. The maximum absolute atomic E-state index is 14.2. The van der Waals surface area contributed by atoms with Crippen molar-refractivity contribution in [1.29, 1.82) is 0 Å². The summed E-state index contributed by atoms with van der Waals surface area (Å²) in [5.41, 5.74) is 0.314. The number of hydrogen-bond donors (Lipinski definition) is 1. The molecule has 3 aliphatic heterocycles. The molecule has 5 rings (SSSR count). The monoisotopic (exact) mass is 538 g/mol. The van der Waals surface area contributed by atoms with Gasteiger partial charge in [-0.05, 0) is 70.7 Å². The third-order valence-electron chi connectivity index (χ3n) is 8.41. The maximum Gasteiger partial charge on any atom is 0.257 e. The van der Waals surface area contributed by atoms with Crippen LogP contribution < -0.4 is 15.0 Å². The lowest BCUT2D eigenvalue weighted by Gasteiger charge is -2.54. The van der Waals surface area contributed by atoms with Crippen LogP contribution in [0.15, 0.2) is 30.7 Å². The Bertz CT molecular complexity index is 1210. The van der Waals surface area contributed by atoms with Crippen molar-refractivity contribution < 1.29 is 18.7 Å². The van der Waals surface area contributed by atoms with E-state index in [4.69, 9.17) is 4.74 Å². The molecular formula is C29H39FN6O3. The topological polar surface area (TPSA) is 90.9 Å². The average molecular weight is 539 g/mol. The van der Waals surface area contributed by atoms with Gasteiger partial charge in [-0.2, -0.15) is 0 Å². The van der Waals surface area contributed by atoms with Crippen molar-refractivity contribution >= 4 is 17.6 Å². The van der Waals surface area contributed by atoms with Crippen molar-refractivity contribution in [3.05, 3.63) is 42.1 Å². The van der Waals surface area contributed by atoms with Gasteiger partial charge in [0.05, 0.1) is 17.8 Å². The Labute approximate surface area is 229 Å². The van der Waals surface area contributed by atoms with Crippen LogP contribution in [0.2, 0.25) is 0 Å². The fourth-order valence-electron chi connectivity index (χ4n) is 6.15. The Morgan fingerprint density at radius 3 is 2.62 bits per heavy atom. The summed E-state index contributed by atoms with van der Waals surface area (Å²) >= 11 is 0. The molecule has 1 spiro atoms. The minimum Gasteiger partial charge on any atom is -0.451 e. The first kappa shape index (κ1) is 27.3. The molecule has 0 saturated carbocycles. The van der Waals surface area contributed by atoms with E-state index in [2.05, 4.69) is 27.1 Å². The SMILES string of the molecule is CCN(C(=O)c1cc(F)ccc1Oc1cncnc1N1CC2(CCN(C(=O)[C@@H]3C[C@@H](C)CN3)CC2)C1)C(C)C. The molecule has 3 aliphatic rings. The molecule has 10 heteroatoms. The lowest BCUT2D eigenvalue weighted by Crippen LogP contribution is -2.62. The first-order valence-electron chi connectivity index (χ1n) is 14.0. The summed E-state index contributed by atoms with van der Waals surface area (Å²) in [4.78, 5) is 40.7. The molecule has 3 fully saturated rings. The number of hydrogen-bond acceptors (Lipinski definition) is 7. The van der Waals surface area contributed by atoms with Gasteiger partial charge < -0.3 is 24.8 Å². The quantitative estimate of drug-likeness (QED) is 0.575. The third-order valence-corrected chi connectivity index (χ3v) is 8.41. The molecule has 9 nitrogen and oxygen atoms in total. The fraction of sp³-hybridized carbons (Fsp3) is 0.586. The van der Waals surface area contributed by atoms with Crippen molar-refractivity contribution in [2.24, 2.45) is 11.3 Å². The second-order valence-corrected chi connectivity index (χ2v) is 11.6. The smallest absolute Gasteiger partial charge is 0.257 e. The number of amides is 2. The van der Waals surface area contributed by atoms with E-state index < -0.39 is 5.82 Å². The molecule has 210 valence electrons. The van der Waals surface area contributed by atoms with E-state index >= 15 is 0 Å². The molecule has 0 unspecified atom stereocenters. The Morgan fingerprint density at radius 1 is 1.23 bits per heavy atom. The summed E-state index contributed by atoms with van der Waals surface area (Å²) in [6, 6.07) is 3.92. The van der Waals surface area contributed by atoms with Crippen LogP contribution in [0.4, 0.5) is 10.2 Å². The number of nitrogens with zero attached hydrogens (tertiary/aromatic N) is 5. The second kappa shape index (κ2) is 11.1. The predicted molar refractivity (Wildman–Crippen MR) is 146 cm³/mol. The van der Waals surface area contributed by atoms with Crippen molar-refractivity contribution in [2.75, 3.05) is 44.2 Å². The van der Waals surface area contributed by atoms with E-state index in [1.54, 1.807) is 11.1 Å². The zero-order valence-corrected chi connectivity index (χ0v) is 23.3. The number of anilines is 1. The molecule has 2 atom stereocenters. The van der Waals surface area contributed by atoms with Gasteiger partial charge >= 0.3 is 0 Å². The summed E-state index contributed by atoms with van der Waals surface area (Å²) in [7, 11) is 0. The Balaban J connectivity index is 1.26. The van der Waals surface area contributed by atoms with Crippen LogP contribution in [0.5, 0.6) is 11.5 Å². The number of nitrogens with one attached hydrogen (secondary N) is 1. The van der Waals surface area contributed by atoms with Gasteiger partial charge in [0.2, 0.25) is 5.91 Å². The van der Waals surface area contributed by atoms with Crippen LogP contribution in [0, 0.1) is 17.2 Å². The first-order chi connectivity index (χ1) is 18.7. The van der Waals surface area contributed by atoms with Crippen molar-refractivity contribution in [1.82, 2.24) is 25.1 Å². The van der Waals surface area contributed by atoms with Crippen molar-refractivity contribution in [3.8, 4) is 11.5 Å². The molecule has 0 radical (unpaired) electrons. The fourth-order valence-corrected chi connectivity index (χ4v) is 6.15. The highest BCUT2D eigenvalue weighted by Gasteiger charge is 2.47. The van der Waals surface area contributed by atoms with E-state index in [0.717, 1.165) is 52.0 Å². The minimum atomic E-state index is -0.497. The van der Waals surface area contributed by atoms with Gasteiger partial charge in [0.15, 0.2) is 11.6 Å². The average Bonchev–Trinajstić information content (AvgIpc) is 3.34. The van der Waals surface area contributed by atoms with Gasteiger partial charge in [-0.15, -0.1) is 0 Å². The zero-order chi connectivity index (χ0) is 27.7. The lowest BCUT2D eigenvalue weighted by molar-refractivity contribution is -0.135. The van der Waals surface area contributed by atoms with Crippen LogP contribution in [0.3, 0.4) is 0 Å².